The number of amides is 2. The summed E-state index contributed by atoms with van der Waals surface area (Å²) in [6.45, 7) is 0. The second kappa shape index (κ2) is 10.0. The van der Waals surface area contributed by atoms with Crippen LogP contribution in [0.4, 0.5) is 17.1 Å². The molecule has 4 nitrogen and oxygen atoms in total. The monoisotopic (exact) mass is 464 g/mol. The number of allylic oxidation sites excluding steroid dienone is 2. The lowest BCUT2D eigenvalue weighted by Gasteiger charge is -2.32. The van der Waals surface area contributed by atoms with Crippen molar-refractivity contribution in [3.8, 4) is 0 Å². The number of para-hydroxylation sites is 2. The van der Waals surface area contributed by atoms with Crippen LogP contribution in [-0.4, -0.2) is 11.8 Å². The quantitative estimate of drug-likeness (QED) is 0.418. The first kappa shape index (κ1) is 22.1. The second-order valence-electron chi connectivity index (χ2n) is 7.62. The molecule has 2 atom stereocenters. The lowest BCUT2D eigenvalue weighted by atomic mass is 9.81. The van der Waals surface area contributed by atoms with Crippen molar-refractivity contribution in [3.05, 3.63) is 101 Å². The van der Waals surface area contributed by atoms with Crippen molar-refractivity contribution in [1.29, 1.82) is 0 Å². The molecular weight excluding hydrogens is 443 g/mol. The third-order valence-corrected chi connectivity index (χ3v) is 6.26. The summed E-state index contributed by atoms with van der Waals surface area (Å²) in [5, 5.41) is 3.67. The zero-order chi connectivity index (χ0) is 22.5. The van der Waals surface area contributed by atoms with Crippen LogP contribution in [0.3, 0.4) is 0 Å². The summed E-state index contributed by atoms with van der Waals surface area (Å²) >= 11 is 12.1. The van der Waals surface area contributed by atoms with Crippen LogP contribution >= 0.6 is 23.2 Å². The molecule has 2 unspecified atom stereocenters. The molecular formula is C26H22Cl2N2O2. The minimum absolute atomic E-state index is 0.110. The molecule has 0 aromatic heterocycles. The lowest BCUT2D eigenvalue weighted by Crippen LogP contribution is -2.41. The fourth-order valence-electron chi connectivity index (χ4n) is 3.91. The van der Waals surface area contributed by atoms with Gasteiger partial charge in [0.1, 0.15) is 0 Å². The summed E-state index contributed by atoms with van der Waals surface area (Å²) in [6.07, 6.45) is 4.91. The average molecular weight is 465 g/mol. The highest BCUT2D eigenvalue weighted by atomic mass is 35.5. The Morgan fingerprint density at radius 1 is 0.750 bits per heavy atom. The number of nitrogens with zero attached hydrogens (tertiary/aromatic N) is 1. The van der Waals surface area contributed by atoms with Gasteiger partial charge in [-0.25, -0.2) is 0 Å². The van der Waals surface area contributed by atoms with E-state index in [1.54, 1.807) is 23.1 Å². The van der Waals surface area contributed by atoms with Gasteiger partial charge in [-0.3, -0.25) is 14.5 Å². The van der Waals surface area contributed by atoms with Crippen LogP contribution in [0.2, 0.25) is 10.0 Å². The summed E-state index contributed by atoms with van der Waals surface area (Å²) in [5.41, 5.74) is 2.08. The van der Waals surface area contributed by atoms with E-state index >= 15 is 0 Å². The Morgan fingerprint density at radius 2 is 1.31 bits per heavy atom. The zero-order valence-electron chi connectivity index (χ0n) is 17.2. The molecule has 0 bridgehead atoms. The van der Waals surface area contributed by atoms with Crippen molar-refractivity contribution in [2.45, 2.75) is 12.8 Å². The van der Waals surface area contributed by atoms with Crippen molar-refractivity contribution < 1.29 is 9.59 Å². The molecule has 2 amide bonds. The minimum Gasteiger partial charge on any atom is -0.326 e. The van der Waals surface area contributed by atoms with Gasteiger partial charge in [-0.05, 0) is 55.3 Å². The Labute approximate surface area is 197 Å². The van der Waals surface area contributed by atoms with Gasteiger partial charge in [0, 0.05) is 17.1 Å². The number of halogens is 2. The summed E-state index contributed by atoms with van der Waals surface area (Å²) in [7, 11) is 0. The summed E-state index contributed by atoms with van der Waals surface area (Å²) in [5.74, 6) is -1.33. The van der Waals surface area contributed by atoms with Crippen molar-refractivity contribution >= 4 is 52.1 Å². The first-order valence-corrected chi connectivity index (χ1v) is 11.1. The highest BCUT2D eigenvalue weighted by molar-refractivity contribution is 6.42. The van der Waals surface area contributed by atoms with E-state index in [4.69, 9.17) is 23.2 Å². The molecule has 1 aliphatic rings. The maximum Gasteiger partial charge on any atom is 0.235 e. The molecule has 0 aliphatic heterocycles. The van der Waals surface area contributed by atoms with Crippen LogP contribution < -0.4 is 10.2 Å². The van der Waals surface area contributed by atoms with Crippen LogP contribution in [0.15, 0.2) is 91.0 Å². The Kier molecular flexibility index (Phi) is 6.93. The predicted molar refractivity (Wildman–Crippen MR) is 130 cm³/mol. The van der Waals surface area contributed by atoms with Crippen molar-refractivity contribution in [1.82, 2.24) is 0 Å². The largest absolute Gasteiger partial charge is 0.326 e. The molecule has 32 heavy (non-hydrogen) atoms. The number of hydrogen-bond donors (Lipinski definition) is 1. The first-order valence-electron chi connectivity index (χ1n) is 10.4. The van der Waals surface area contributed by atoms with Gasteiger partial charge in [0.15, 0.2) is 0 Å². The molecule has 0 saturated heterocycles. The molecule has 3 aromatic carbocycles. The fraction of sp³-hybridized carbons (Fsp3) is 0.154. The molecule has 0 spiro atoms. The molecule has 1 N–H and O–H groups in total. The van der Waals surface area contributed by atoms with Crippen molar-refractivity contribution in [2.24, 2.45) is 11.8 Å². The number of nitrogens with one attached hydrogen (secondary N) is 1. The average Bonchev–Trinajstić information content (AvgIpc) is 2.83. The van der Waals surface area contributed by atoms with Gasteiger partial charge in [0.05, 0.1) is 21.9 Å². The molecule has 4 rings (SSSR count). The first-order chi connectivity index (χ1) is 15.5. The van der Waals surface area contributed by atoms with E-state index in [0.717, 1.165) is 11.4 Å². The van der Waals surface area contributed by atoms with Gasteiger partial charge in [-0.2, -0.15) is 0 Å². The third kappa shape index (κ3) is 4.87. The molecule has 1 aliphatic carbocycles. The maximum absolute atomic E-state index is 13.8. The van der Waals surface area contributed by atoms with Crippen LogP contribution in [-0.2, 0) is 9.59 Å². The molecule has 3 aromatic rings. The molecule has 162 valence electrons. The molecule has 6 heteroatoms. The van der Waals surface area contributed by atoms with E-state index in [1.807, 2.05) is 72.8 Å². The highest BCUT2D eigenvalue weighted by Gasteiger charge is 2.37. The van der Waals surface area contributed by atoms with Gasteiger partial charge in [-0.1, -0.05) is 71.8 Å². The van der Waals surface area contributed by atoms with E-state index in [-0.39, 0.29) is 11.8 Å². The summed E-state index contributed by atoms with van der Waals surface area (Å²) in [4.78, 5) is 28.7. The Bertz CT molecular complexity index is 1090. The van der Waals surface area contributed by atoms with Crippen molar-refractivity contribution in [2.75, 3.05) is 10.2 Å². The Balaban J connectivity index is 1.63. The van der Waals surface area contributed by atoms with E-state index in [2.05, 4.69) is 5.32 Å². The van der Waals surface area contributed by atoms with Gasteiger partial charge < -0.3 is 5.32 Å². The normalized spacial score (nSPS) is 17.6. The van der Waals surface area contributed by atoms with Crippen molar-refractivity contribution in [3.63, 3.8) is 0 Å². The standard InChI is InChI=1S/C26H22Cl2N2O2/c27-23-16-15-18(17-24(23)28)29-25(31)21-13-7-8-14-22(21)26(32)30(19-9-3-1-4-10-19)20-11-5-2-6-12-20/h1-12,15-17,21-22H,13-14H2,(H,29,31). The summed E-state index contributed by atoms with van der Waals surface area (Å²) in [6, 6.07) is 23.9. The van der Waals surface area contributed by atoms with E-state index in [0.29, 0.717) is 28.6 Å². The van der Waals surface area contributed by atoms with Gasteiger partial charge in [-0.15, -0.1) is 0 Å². The van der Waals surface area contributed by atoms with E-state index in [1.165, 1.54) is 0 Å². The number of benzene rings is 3. The molecule has 0 radical (unpaired) electrons. The summed E-state index contributed by atoms with van der Waals surface area (Å²) < 4.78 is 0. The van der Waals surface area contributed by atoms with E-state index in [9.17, 15) is 9.59 Å². The number of hydrogen-bond acceptors (Lipinski definition) is 2. The van der Waals surface area contributed by atoms with Gasteiger partial charge in [0.25, 0.3) is 0 Å². The number of anilines is 3. The van der Waals surface area contributed by atoms with Crippen LogP contribution in [0.1, 0.15) is 12.8 Å². The molecule has 0 fully saturated rings. The fourth-order valence-corrected chi connectivity index (χ4v) is 4.21. The molecule has 0 saturated carbocycles. The Morgan fingerprint density at radius 3 is 1.88 bits per heavy atom. The number of carbonyl (C=O) groups is 2. The maximum atomic E-state index is 13.8. The number of carbonyl (C=O) groups excluding carboxylic acids is 2. The smallest absolute Gasteiger partial charge is 0.235 e. The lowest BCUT2D eigenvalue weighted by molar-refractivity contribution is -0.130. The predicted octanol–water partition coefficient (Wildman–Crippen LogP) is 6.88. The Hall–Kier alpha value is -3.08. The van der Waals surface area contributed by atoms with Crippen LogP contribution in [0, 0.1) is 11.8 Å². The second-order valence-corrected chi connectivity index (χ2v) is 8.43. The van der Waals surface area contributed by atoms with Crippen LogP contribution in [0.5, 0.6) is 0 Å². The van der Waals surface area contributed by atoms with Gasteiger partial charge >= 0.3 is 0 Å². The highest BCUT2D eigenvalue weighted by Crippen LogP contribution is 2.34. The molecule has 0 heterocycles. The third-order valence-electron chi connectivity index (χ3n) is 5.52. The SMILES string of the molecule is O=C(Nc1ccc(Cl)c(Cl)c1)C1CC=CCC1C(=O)N(c1ccccc1)c1ccccc1. The topological polar surface area (TPSA) is 49.4 Å². The van der Waals surface area contributed by atoms with E-state index < -0.39 is 11.8 Å². The minimum atomic E-state index is -0.503. The van der Waals surface area contributed by atoms with Gasteiger partial charge in [0.2, 0.25) is 11.8 Å². The van der Waals surface area contributed by atoms with Crippen LogP contribution in [0.25, 0.3) is 0 Å². The number of rotatable bonds is 5. The zero-order valence-corrected chi connectivity index (χ0v) is 18.8.